The fourth-order valence-corrected chi connectivity index (χ4v) is 2.95. The molecule has 0 unspecified atom stereocenters. The van der Waals surface area contributed by atoms with Crippen LogP contribution in [0.25, 0.3) is 5.65 Å². The number of likely N-dealkylation sites (tertiary alicyclic amines) is 1. The molecule has 0 amide bonds. The standard InChI is InChI=1S/C15H22N4/c1-3-18-7-5-13(6-8-18)11-15-17-16-14-10-12(2)4-9-19(14)15/h4,9-10,13H,3,5-8,11H2,1-2H3. The molecule has 2 aromatic rings. The molecule has 0 radical (unpaired) electrons. The van der Waals surface area contributed by atoms with Crippen molar-refractivity contribution in [2.75, 3.05) is 19.6 Å². The van der Waals surface area contributed by atoms with Crippen molar-refractivity contribution in [1.29, 1.82) is 0 Å². The van der Waals surface area contributed by atoms with Crippen LogP contribution in [0.3, 0.4) is 0 Å². The molecule has 3 rings (SSSR count). The van der Waals surface area contributed by atoms with Crippen LogP contribution in [0.4, 0.5) is 0 Å². The van der Waals surface area contributed by atoms with Gasteiger partial charge in [0.2, 0.25) is 0 Å². The van der Waals surface area contributed by atoms with Crippen molar-refractivity contribution in [3.8, 4) is 0 Å². The van der Waals surface area contributed by atoms with Gasteiger partial charge in [0, 0.05) is 12.6 Å². The number of hydrogen-bond donors (Lipinski definition) is 0. The maximum atomic E-state index is 4.37. The summed E-state index contributed by atoms with van der Waals surface area (Å²) in [6.07, 6.45) is 5.73. The second-order valence-corrected chi connectivity index (χ2v) is 5.63. The van der Waals surface area contributed by atoms with Gasteiger partial charge in [-0.1, -0.05) is 6.92 Å². The molecule has 1 fully saturated rings. The van der Waals surface area contributed by atoms with E-state index in [1.165, 1.54) is 38.0 Å². The smallest absolute Gasteiger partial charge is 0.161 e. The highest BCUT2D eigenvalue weighted by Crippen LogP contribution is 2.21. The van der Waals surface area contributed by atoms with Crippen LogP contribution in [-0.2, 0) is 6.42 Å². The monoisotopic (exact) mass is 258 g/mol. The van der Waals surface area contributed by atoms with E-state index in [1.54, 1.807) is 0 Å². The van der Waals surface area contributed by atoms with Gasteiger partial charge in [-0.25, -0.2) is 0 Å². The summed E-state index contributed by atoms with van der Waals surface area (Å²) in [5, 5.41) is 8.65. The predicted molar refractivity (Wildman–Crippen MR) is 76.3 cm³/mol. The number of nitrogens with zero attached hydrogens (tertiary/aromatic N) is 4. The zero-order valence-electron chi connectivity index (χ0n) is 11.8. The number of rotatable bonds is 3. The maximum Gasteiger partial charge on any atom is 0.161 e. The summed E-state index contributed by atoms with van der Waals surface area (Å²) in [4.78, 5) is 2.53. The topological polar surface area (TPSA) is 33.4 Å². The Morgan fingerprint density at radius 2 is 2.05 bits per heavy atom. The normalized spacial score (nSPS) is 18.2. The molecule has 1 aliphatic heterocycles. The Labute approximate surface area is 114 Å². The third kappa shape index (κ3) is 2.63. The molecule has 1 aliphatic rings. The fraction of sp³-hybridized carbons (Fsp3) is 0.600. The maximum absolute atomic E-state index is 4.37. The highest BCUT2D eigenvalue weighted by atomic mass is 15.2. The Kier molecular flexibility index (Phi) is 3.51. The number of aryl methyl sites for hydroxylation is 1. The van der Waals surface area contributed by atoms with Crippen molar-refractivity contribution in [1.82, 2.24) is 19.5 Å². The predicted octanol–water partition coefficient (Wildman–Crippen LogP) is 2.31. The van der Waals surface area contributed by atoms with Crippen LogP contribution >= 0.6 is 0 Å². The van der Waals surface area contributed by atoms with Crippen molar-refractivity contribution in [2.24, 2.45) is 5.92 Å². The Balaban J connectivity index is 1.72. The highest BCUT2D eigenvalue weighted by Gasteiger charge is 2.20. The molecule has 1 saturated heterocycles. The van der Waals surface area contributed by atoms with Gasteiger partial charge in [0.1, 0.15) is 5.82 Å². The quantitative estimate of drug-likeness (QED) is 0.847. The summed E-state index contributed by atoms with van der Waals surface area (Å²) < 4.78 is 2.14. The second kappa shape index (κ2) is 5.29. The number of fused-ring (bicyclic) bond motifs is 1. The van der Waals surface area contributed by atoms with Gasteiger partial charge in [0.05, 0.1) is 0 Å². The molecule has 0 spiro atoms. The van der Waals surface area contributed by atoms with E-state index in [-0.39, 0.29) is 0 Å². The van der Waals surface area contributed by atoms with Crippen LogP contribution in [0.5, 0.6) is 0 Å². The molecule has 0 aromatic carbocycles. The molecule has 0 N–H and O–H groups in total. The van der Waals surface area contributed by atoms with E-state index in [0.29, 0.717) is 0 Å². The van der Waals surface area contributed by atoms with E-state index in [9.17, 15) is 0 Å². The van der Waals surface area contributed by atoms with Gasteiger partial charge in [0.25, 0.3) is 0 Å². The summed E-state index contributed by atoms with van der Waals surface area (Å²) in [5.74, 6) is 1.88. The third-order valence-electron chi connectivity index (χ3n) is 4.26. The first-order chi connectivity index (χ1) is 9.26. The van der Waals surface area contributed by atoms with Crippen molar-refractivity contribution in [3.63, 3.8) is 0 Å². The second-order valence-electron chi connectivity index (χ2n) is 5.63. The lowest BCUT2D eigenvalue weighted by Crippen LogP contribution is -2.34. The van der Waals surface area contributed by atoms with E-state index in [2.05, 4.69) is 51.7 Å². The van der Waals surface area contributed by atoms with Crippen molar-refractivity contribution < 1.29 is 0 Å². The highest BCUT2D eigenvalue weighted by molar-refractivity contribution is 5.40. The first kappa shape index (κ1) is 12.6. The molecular formula is C15H22N4. The lowest BCUT2D eigenvalue weighted by atomic mass is 9.93. The van der Waals surface area contributed by atoms with Crippen molar-refractivity contribution in [3.05, 3.63) is 29.7 Å². The van der Waals surface area contributed by atoms with Gasteiger partial charge in [-0.2, -0.15) is 0 Å². The van der Waals surface area contributed by atoms with Crippen molar-refractivity contribution >= 4 is 5.65 Å². The molecular weight excluding hydrogens is 236 g/mol. The van der Waals surface area contributed by atoms with Gasteiger partial charge in [-0.15, -0.1) is 10.2 Å². The lowest BCUT2D eigenvalue weighted by molar-refractivity contribution is 0.190. The third-order valence-corrected chi connectivity index (χ3v) is 4.26. The minimum absolute atomic E-state index is 0.761. The summed E-state index contributed by atoms with van der Waals surface area (Å²) in [6.45, 7) is 7.98. The molecule has 0 saturated carbocycles. The van der Waals surface area contributed by atoms with Crippen LogP contribution in [0.2, 0.25) is 0 Å². The summed E-state index contributed by atoms with van der Waals surface area (Å²) in [6, 6.07) is 4.22. The Hall–Kier alpha value is -1.42. The van der Waals surface area contributed by atoms with E-state index in [1.807, 2.05) is 0 Å². The zero-order chi connectivity index (χ0) is 13.2. The van der Waals surface area contributed by atoms with Crippen LogP contribution in [-0.4, -0.2) is 39.1 Å². The number of pyridine rings is 1. The number of aromatic nitrogens is 3. The van der Waals surface area contributed by atoms with Gasteiger partial charge >= 0.3 is 0 Å². The fourth-order valence-electron chi connectivity index (χ4n) is 2.95. The Morgan fingerprint density at radius 3 is 2.79 bits per heavy atom. The Morgan fingerprint density at radius 1 is 1.26 bits per heavy atom. The summed E-state index contributed by atoms with van der Waals surface area (Å²) in [7, 11) is 0. The molecule has 0 aliphatic carbocycles. The Bertz CT molecular complexity index is 552. The molecule has 4 heteroatoms. The number of hydrogen-bond acceptors (Lipinski definition) is 3. The molecule has 0 bridgehead atoms. The molecule has 3 heterocycles. The zero-order valence-corrected chi connectivity index (χ0v) is 11.8. The molecule has 19 heavy (non-hydrogen) atoms. The summed E-state index contributed by atoms with van der Waals surface area (Å²) in [5.41, 5.74) is 2.21. The molecule has 4 nitrogen and oxygen atoms in total. The number of piperidine rings is 1. The first-order valence-corrected chi connectivity index (χ1v) is 7.29. The van der Waals surface area contributed by atoms with Crippen LogP contribution in [0, 0.1) is 12.8 Å². The van der Waals surface area contributed by atoms with Gasteiger partial charge < -0.3 is 4.90 Å². The average Bonchev–Trinajstić information content (AvgIpc) is 2.82. The minimum atomic E-state index is 0.761. The first-order valence-electron chi connectivity index (χ1n) is 7.29. The van der Waals surface area contributed by atoms with E-state index in [0.717, 1.165) is 23.8 Å². The molecule has 0 atom stereocenters. The summed E-state index contributed by atoms with van der Waals surface area (Å²) >= 11 is 0. The van der Waals surface area contributed by atoms with Crippen LogP contribution in [0.1, 0.15) is 31.2 Å². The van der Waals surface area contributed by atoms with Crippen LogP contribution in [0.15, 0.2) is 18.3 Å². The van der Waals surface area contributed by atoms with Crippen LogP contribution < -0.4 is 0 Å². The lowest BCUT2D eigenvalue weighted by Gasteiger charge is -2.30. The van der Waals surface area contributed by atoms with E-state index >= 15 is 0 Å². The SMILES string of the molecule is CCN1CCC(Cc2nnc3cc(C)ccn23)CC1. The van der Waals surface area contributed by atoms with Gasteiger partial charge in [-0.3, -0.25) is 4.40 Å². The average molecular weight is 258 g/mol. The van der Waals surface area contributed by atoms with Gasteiger partial charge in [-0.05, 0) is 63.0 Å². The van der Waals surface area contributed by atoms with Gasteiger partial charge in [0.15, 0.2) is 5.65 Å². The molecule has 102 valence electrons. The van der Waals surface area contributed by atoms with Crippen molar-refractivity contribution in [2.45, 2.75) is 33.1 Å². The molecule has 2 aromatic heterocycles. The minimum Gasteiger partial charge on any atom is -0.304 e. The largest absolute Gasteiger partial charge is 0.304 e. The van der Waals surface area contributed by atoms with E-state index < -0.39 is 0 Å². The van der Waals surface area contributed by atoms with E-state index in [4.69, 9.17) is 0 Å².